The van der Waals surface area contributed by atoms with Crippen LogP contribution in [0.3, 0.4) is 0 Å². The largest absolute Gasteiger partial charge is 0.476 e. The lowest BCUT2D eigenvalue weighted by Crippen LogP contribution is -1.96. The third kappa shape index (κ3) is 1.66. The first-order chi connectivity index (χ1) is 5.66. The maximum atomic E-state index is 10.5. The minimum atomic E-state index is -1.08. The number of carboxylic acids is 1. The van der Waals surface area contributed by atoms with Crippen molar-refractivity contribution in [2.75, 3.05) is 0 Å². The highest BCUT2D eigenvalue weighted by molar-refractivity contribution is 9.10. The number of aryl methyl sites for hydroxylation is 1. The molecule has 12 heavy (non-hydrogen) atoms. The Hall–Kier alpha value is -0.840. The van der Waals surface area contributed by atoms with Crippen molar-refractivity contribution in [3.63, 3.8) is 0 Å². The summed E-state index contributed by atoms with van der Waals surface area (Å²) in [6.45, 7) is 1.98. The lowest BCUT2D eigenvalue weighted by Gasteiger charge is -1.89. The second kappa shape index (κ2) is 3.71. The summed E-state index contributed by atoms with van der Waals surface area (Å²) < 4.78 is 5.27. The van der Waals surface area contributed by atoms with Crippen LogP contribution >= 0.6 is 15.9 Å². The van der Waals surface area contributed by atoms with E-state index in [4.69, 9.17) is 9.63 Å². The lowest BCUT2D eigenvalue weighted by atomic mass is 10.2. The van der Waals surface area contributed by atoms with Crippen molar-refractivity contribution >= 4 is 21.9 Å². The minimum absolute atomic E-state index is 0.0570. The zero-order valence-corrected chi connectivity index (χ0v) is 8.09. The average molecular weight is 234 g/mol. The molecule has 0 saturated heterocycles. The number of nitrogens with zero attached hydrogens (tertiary/aromatic N) is 1. The van der Waals surface area contributed by atoms with Crippen LogP contribution in [0.5, 0.6) is 0 Å². The van der Waals surface area contributed by atoms with E-state index < -0.39 is 5.97 Å². The molecule has 1 heterocycles. The Morgan fingerprint density at radius 3 is 2.83 bits per heavy atom. The van der Waals surface area contributed by atoms with Crippen LogP contribution in [0.1, 0.15) is 29.6 Å². The molecule has 0 radical (unpaired) electrons. The number of carboxylic acid groups (broad SMARTS) is 1. The Kier molecular flexibility index (Phi) is 2.86. The molecule has 1 N–H and O–H groups in total. The van der Waals surface area contributed by atoms with Gasteiger partial charge in [-0.05, 0) is 22.4 Å². The van der Waals surface area contributed by atoms with E-state index in [2.05, 4.69) is 21.1 Å². The Bertz CT molecular complexity index is 295. The van der Waals surface area contributed by atoms with Crippen molar-refractivity contribution < 1.29 is 14.4 Å². The average Bonchev–Trinajstić information content (AvgIpc) is 2.34. The standard InChI is InChI=1S/C7H8BrNO3/c1-2-3-4-5(8)6(7(10)11)9-12-4/h2-3H2,1H3,(H,10,11). The molecule has 4 nitrogen and oxygen atoms in total. The highest BCUT2D eigenvalue weighted by atomic mass is 79.9. The van der Waals surface area contributed by atoms with Gasteiger partial charge in [0, 0.05) is 6.42 Å². The fourth-order valence-electron chi connectivity index (χ4n) is 0.828. The fraction of sp³-hybridized carbons (Fsp3) is 0.429. The van der Waals surface area contributed by atoms with Crippen molar-refractivity contribution in [1.82, 2.24) is 5.16 Å². The first kappa shape index (κ1) is 9.25. The topological polar surface area (TPSA) is 63.3 Å². The van der Waals surface area contributed by atoms with Gasteiger partial charge < -0.3 is 9.63 Å². The second-order valence-electron chi connectivity index (χ2n) is 2.32. The summed E-state index contributed by atoms with van der Waals surface area (Å²) in [4.78, 5) is 10.5. The van der Waals surface area contributed by atoms with E-state index in [9.17, 15) is 4.79 Å². The molecule has 0 aliphatic heterocycles. The predicted octanol–water partition coefficient (Wildman–Crippen LogP) is 2.09. The second-order valence-corrected chi connectivity index (χ2v) is 3.12. The number of carbonyl (C=O) groups is 1. The molecule has 1 rings (SSSR count). The highest BCUT2D eigenvalue weighted by Crippen LogP contribution is 2.22. The molecule has 1 aromatic rings. The molecule has 0 saturated carbocycles. The molecule has 0 spiro atoms. The van der Waals surface area contributed by atoms with Crippen molar-refractivity contribution in [1.29, 1.82) is 0 Å². The molecule has 66 valence electrons. The summed E-state index contributed by atoms with van der Waals surface area (Å²) >= 11 is 3.12. The monoisotopic (exact) mass is 233 g/mol. The van der Waals surface area contributed by atoms with Gasteiger partial charge >= 0.3 is 5.97 Å². The van der Waals surface area contributed by atoms with Crippen LogP contribution < -0.4 is 0 Å². The number of rotatable bonds is 3. The highest BCUT2D eigenvalue weighted by Gasteiger charge is 2.17. The molecule has 1 aromatic heterocycles. The number of aromatic carboxylic acids is 1. The first-order valence-corrected chi connectivity index (χ1v) is 4.33. The number of aromatic nitrogens is 1. The van der Waals surface area contributed by atoms with Crippen LogP contribution in [0.25, 0.3) is 0 Å². The smallest absolute Gasteiger partial charge is 0.359 e. The van der Waals surface area contributed by atoms with Crippen molar-refractivity contribution in [3.05, 3.63) is 15.9 Å². The normalized spacial score (nSPS) is 10.2. The van der Waals surface area contributed by atoms with Gasteiger partial charge in [0.05, 0.1) is 4.47 Å². The quantitative estimate of drug-likeness (QED) is 0.869. The Morgan fingerprint density at radius 1 is 1.75 bits per heavy atom. The lowest BCUT2D eigenvalue weighted by molar-refractivity contribution is 0.0685. The molecular formula is C7H8BrNO3. The first-order valence-electron chi connectivity index (χ1n) is 3.54. The van der Waals surface area contributed by atoms with Gasteiger partial charge in [-0.15, -0.1) is 0 Å². The molecule has 0 atom stereocenters. The zero-order chi connectivity index (χ0) is 9.14. The van der Waals surface area contributed by atoms with Gasteiger partial charge in [-0.2, -0.15) is 0 Å². The Morgan fingerprint density at radius 2 is 2.42 bits per heavy atom. The van der Waals surface area contributed by atoms with Gasteiger partial charge in [-0.25, -0.2) is 4.79 Å². The summed E-state index contributed by atoms with van der Waals surface area (Å²) in [5.74, 6) is -0.483. The van der Waals surface area contributed by atoms with E-state index in [0.29, 0.717) is 16.7 Å². The minimum Gasteiger partial charge on any atom is -0.476 e. The van der Waals surface area contributed by atoms with Gasteiger partial charge in [-0.3, -0.25) is 0 Å². The van der Waals surface area contributed by atoms with Crippen LogP contribution in [-0.4, -0.2) is 16.2 Å². The van der Waals surface area contributed by atoms with Crippen LogP contribution in [-0.2, 0) is 6.42 Å². The molecule has 5 heteroatoms. The Balaban J connectivity index is 2.96. The van der Waals surface area contributed by atoms with Gasteiger partial charge in [0.15, 0.2) is 5.76 Å². The summed E-state index contributed by atoms with van der Waals surface area (Å²) in [6.07, 6.45) is 1.59. The predicted molar refractivity (Wildman–Crippen MR) is 45.2 cm³/mol. The molecule has 0 fully saturated rings. The van der Waals surface area contributed by atoms with Gasteiger partial charge in [0.25, 0.3) is 0 Å². The third-order valence-corrected chi connectivity index (χ3v) is 2.20. The van der Waals surface area contributed by atoms with E-state index in [1.807, 2.05) is 6.92 Å². The summed E-state index contributed by atoms with van der Waals surface area (Å²) in [5, 5.41) is 12.0. The number of hydrogen-bond donors (Lipinski definition) is 1. The summed E-state index contributed by atoms with van der Waals surface area (Å²) in [7, 11) is 0. The molecule has 0 bridgehead atoms. The molecule has 0 aliphatic carbocycles. The Labute approximate surface area is 77.7 Å². The maximum absolute atomic E-state index is 10.5. The SMILES string of the molecule is CCCc1onc(C(=O)O)c1Br. The number of halogens is 1. The van der Waals surface area contributed by atoms with Crippen molar-refractivity contribution in [2.45, 2.75) is 19.8 Å². The molecule has 0 aliphatic rings. The van der Waals surface area contributed by atoms with E-state index >= 15 is 0 Å². The fourth-order valence-corrected chi connectivity index (χ4v) is 1.34. The summed E-state index contributed by atoms with van der Waals surface area (Å²) in [5.41, 5.74) is -0.0570. The molecular weight excluding hydrogens is 226 g/mol. The van der Waals surface area contributed by atoms with Crippen molar-refractivity contribution in [3.8, 4) is 0 Å². The number of hydrogen-bond acceptors (Lipinski definition) is 3. The van der Waals surface area contributed by atoms with Crippen molar-refractivity contribution in [2.24, 2.45) is 0 Å². The maximum Gasteiger partial charge on any atom is 0.359 e. The van der Waals surface area contributed by atoms with Gasteiger partial charge in [0.2, 0.25) is 5.69 Å². The third-order valence-electron chi connectivity index (χ3n) is 1.38. The van der Waals surface area contributed by atoms with Gasteiger partial charge in [-0.1, -0.05) is 12.1 Å². The molecule has 0 aromatic carbocycles. The van der Waals surface area contributed by atoms with Crippen LogP contribution in [0.4, 0.5) is 0 Å². The van der Waals surface area contributed by atoms with E-state index in [-0.39, 0.29) is 5.69 Å². The van der Waals surface area contributed by atoms with E-state index in [1.165, 1.54) is 0 Å². The van der Waals surface area contributed by atoms with E-state index in [0.717, 1.165) is 6.42 Å². The summed E-state index contributed by atoms with van der Waals surface area (Å²) in [6, 6.07) is 0. The van der Waals surface area contributed by atoms with Crippen LogP contribution in [0.15, 0.2) is 9.00 Å². The van der Waals surface area contributed by atoms with Crippen LogP contribution in [0, 0.1) is 0 Å². The van der Waals surface area contributed by atoms with E-state index in [1.54, 1.807) is 0 Å². The molecule has 0 amide bonds. The molecule has 0 unspecified atom stereocenters. The van der Waals surface area contributed by atoms with Gasteiger partial charge in [0.1, 0.15) is 0 Å². The van der Waals surface area contributed by atoms with Crippen LogP contribution in [0.2, 0.25) is 0 Å². The zero-order valence-electron chi connectivity index (χ0n) is 6.50.